The molecule has 1 fully saturated rings. The second-order valence-corrected chi connectivity index (χ2v) is 34.5. The summed E-state index contributed by atoms with van der Waals surface area (Å²) < 4.78 is 73.8. The summed E-state index contributed by atoms with van der Waals surface area (Å²) in [5.41, 5.74) is 9.91. The minimum atomic E-state index is -0.547. The summed E-state index contributed by atoms with van der Waals surface area (Å²) in [6, 6.07) is 61.6. The number of carbonyl (C=O) groups is 5. The van der Waals surface area contributed by atoms with E-state index in [1.807, 2.05) is 78.9 Å². The summed E-state index contributed by atoms with van der Waals surface area (Å²) >= 11 is 0. The largest absolute Gasteiger partial charge is 0.494 e. The third-order valence-corrected chi connectivity index (χ3v) is 24.4. The molecule has 141 heavy (non-hydrogen) atoms. The molecule has 1 atom stereocenters. The third kappa shape index (κ3) is 25.8. The van der Waals surface area contributed by atoms with Crippen molar-refractivity contribution in [2.75, 3.05) is 107 Å². The second-order valence-electron chi connectivity index (χ2n) is 34.5. The molecule has 0 radical (unpaired) electrons. The number of nitrogens with zero attached hydrogens (tertiary/aromatic N) is 6. The van der Waals surface area contributed by atoms with E-state index in [0.717, 1.165) is 163 Å². The number of rotatable bonds is 43. The lowest BCUT2D eigenvalue weighted by Gasteiger charge is -2.21. The average Bonchev–Trinajstić information content (AvgIpc) is 1.28. The van der Waals surface area contributed by atoms with E-state index < -0.39 is 17.9 Å². The highest BCUT2D eigenvalue weighted by Gasteiger charge is 2.26. The molecule has 7 aliphatic rings. The van der Waals surface area contributed by atoms with Crippen LogP contribution >= 0.6 is 0 Å². The van der Waals surface area contributed by atoms with Crippen LogP contribution in [0.2, 0.25) is 0 Å². The maximum Gasteiger partial charge on any atom is 0.343 e. The third-order valence-electron chi connectivity index (χ3n) is 24.4. The molecule has 17 rings (SSSR count). The molecule has 0 saturated carbocycles. The lowest BCUT2D eigenvalue weighted by molar-refractivity contribution is -0.139. The topological polar surface area (TPSA) is 320 Å². The fraction of sp³-hybridized carbons (Fsp3) is 0.307. The van der Waals surface area contributed by atoms with Gasteiger partial charge in [-0.3, -0.25) is 14.4 Å². The number of epoxide rings is 1. The molecule has 4 aliphatic heterocycles. The fourth-order valence-corrected chi connectivity index (χ4v) is 16.5. The van der Waals surface area contributed by atoms with Crippen molar-refractivity contribution in [2.24, 2.45) is 0 Å². The number of unbranched alkanes of at least 4 members (excludes halogenated alkanes) is 9. The van der Waals surface area contributed by atoms with E-state index in [9.17, 15) is 38.4 Å². The van der Waals surface area contributed by atoms with Crippen LogP contribution in [0.25, 0.3) is 111 Å². The van der Waals surface area contributed by atoms with Gasteiger partial charge in [0.15, 0.2) is 50.3 Å². The number of fused-ring (bicyclic) bond motifs is 13. The molecule has 1 unspecified atom stereocenters. The molecule has 0 spiro atoms. The highest BCUT2D eigenvalue weighted by Crippen LogP contribution is 2.39. The summed E-state index contributed by atoms with van der Waals surface area (Å²) in [5.74, 6) is 1.80. The first-order valence-corrected chi connectivity index (χ1v) is 48.4. The van der Waals surface area contributed by atoms with Crippen molar-refractivity contribution in [2.45, 2.75) is 139 Å². The summed E-state index contributed by atoms with van der Waals surface area (Å²) in [5, 5.41) is 4.85. The van der Waals surface area contributed by atoms with Gasteiger partial charge >= 0.3 is 29.8 Å². The predicted molar refractivity (Wildman–Crippen MR) is 550 cm³/mol. The predicted octanol–water partition coefficient (Wildman–Crippen LogP) is 23.2. The SMILES string of the molecule is C=C(C)C(=O)OCCCCCCOc1ccc(C(=O)Oc2ccc3c4nc5ccc(N(CC)CC)cc5oc-4cc(=O)c3c2)cc1.C=C(C)C(=O)OCCCCCCOc1ccc2cc(C(=O)Oc3ccc4c5nc6ccc(N(CC)CC)cc6oc-5cc(=O)c4c3)ccc2c1.CCN(CC)c1ccc2nc3c4ccc(OC(=O)c5ccc(OCCCCCCOCC6CO6)cc5)cc4c(=O)cc-3oc2c1. The van der Waals surface area contributed by atoms with Gasteiger partial charge < -0.3 is 75.3 Å². The van der Waals surface area contributed by atoms with Gasteiger partial charge in [-0.05, 0) is 301 Å². The molecule has 1 saturated heterocycles. The summed E-state index contributed by atoms with van der Waals surface area (Å²) in [6.07, 6.45) is 11.6. The molecule has 27 nitrogen and oxygen atoms in total. The zero-order valence-electron chi connectivity index (χ0n) is 80.8. The first-order valence-electron chi connectivity index (χ1n) is 48.4. The van der Waals surface area contributed by atoms with E-state index in [4.69, 9.17) is 75.6 Å². The summed E-state index contributed by atoms with van der Waals surface area (Å²) in [6.45, 7) is 33.0. The van der Waals surface area contributed by atoms with Gasteiger partial charge in [0, 0.05) is 143 Å². The molecule has 4 heterocycles. The van der Waals surface area contributed by atoms with Crippen molar-refractivity contribution in [1.82, 2.24) is 15.0 Å². The molecule has 10 aromatic carbocycles. The Morgan fingerprint density at radius 3 is 1.00 bits per heavy atom. The number of carbonyl (C=O) groups excluding carboxylic acids is 5. The monoisotopic (exact) mass is 1900 g/mol. The Labute approximate surface area is 816 Å². The second kappa shape index (κ2) is 47.8. The Morgan fingerprint density at radius 2 is 0.645 bits per heavy atom. The van der Waals surface area contributed by atoms with Gasteiger partial charge in [0.2, 0.25) is 0 Å². The minimum absolute atomic E-state index is 0.237. The molecule has 27 heteroatoms. The molecular formula is C114H116N6O21. The van der Waals surface area contributed by atoms with Crippen molar-refractivity contribution in [1.29, 1.82) is 0 Å². The van der Waals surface area contributed by atoms with Crippen molar-refractivity contribution < 1.29 is 84.6 Å². The van der Waals surface area contributed by atoms with Gasteiger partial charge in [0.25, 0.3) is 0 Å². The van der Waals surface area contributed by atoms with E-state index in [2.05, 4.69) is 69.4 Å². The van der Waals surface area contributed by atoms with Gasteiger partial charge in [-0.1, -0.05) is 31.7 Å². The number of aromatic nitrogens is 3. The van der Waals surface area contributed by atoms with E-state index >= 15 is 0 Å². The lowest BCUT2D eigenvalue weighted by Crippen LogP contribution is -2.21. The van der Waals surface area contributed by atoms with E-state index in [1.54, 1.807) is 129 Å². The van der Waals surface area contributed by atoms with Crippen LogP contribution in [0, 0.1) is 0 Å². The molecule has 3 aliphatic carbocycles. The number of hydrogen-bond donors (Lipinski definition) is 0. The average molecular weight is 1910 g/mol. The van der Waals surface area contributed by atoms with E-state index in [0.29, 0.717) is 185 Å². The smallest absolute Gasteiger partial charge is 0.343 e. The van der Waals surface area contributed by atoms with Gasteiger partial charge in [-0.25, -0.2) is 38.9 Å². The minimum Gasteiger partial charge on any atom is -0.494 e. The fourth-order valence-electron chi connectivity index (χ4n) is 16.5. The molecule has 0 N–H and O–H groups in total. The number of benzene rings is 13. The molecular weight excluding hydrogens is 1790 g/mol. The van der Waals surface area contributed by atoms with Crippen LogP contribution in [-0.2, 0) is 28.5 Å². The van der Waals surface area contributed by atoms with Crippen LogP contribution in [0.1, 0.15) is 164 Å². The Kier molecular flexibility index (Phi) is 33.9. The van der Waals surface area contributed by atoms with Gasteiger partial charge in [-0.2, -0.15) is 0 Å². The van der Waals surface area contributed by atoms with Crippen LogP contribution < -0.4 is 59.4 Å². The molecule has 0 aromatic heterocycles. The highest BCUT2D eigenvalue weighted by atomic mass is 16.6. The molecule has 728 valence electrons. The standard InChI is InChI=1S/C41H40N2O7.C37H38N2O7.C36H38N2O7/c1-5-43(6-2)30-14-18-35-37(23-30)50-38-25-36(44)34-24-32(16-17-33(34)39(38)42-35)49-41(46)29-12-11-28-22-31(15-13-27(28)21-29)47-19-9-7-8-10-20-48-40(45)26(3)4;1-5-39(6-2)26-13-18-31-33(21-26)46-34-23-32(40)30-22-28(16-17-29(30)35(34)38-31)45-37(42)25-11-14-27(15-12-25)43-19-9-7-8-10-20-44-36(41)24(3)4;1-3-38(4-2)25-11-16-31-33(19-25)45-34-21-32(39)30-20-27(14-15-29(30)35(34)37-31)44-36(40)24-9-12-26(13-10-24)42-18-8-6-5-7-17-41-22-28-23-43-28/h11-18,21-25H,3,5-10,19-20H2,1-2,4H3;11-18,21-23H,3,5-10,19-20H2,1-2,4H3;9-16,19-21,28H,3-8,17-18,22-23H2,1-2H3. The Hall–Kier alpha value is -15.4. The van der Waals surface area contributed by atoms with E-state index in [1.165, 1.54) is 18.2 Å². The maximum atomic E-state index is 13.2. The summed E-state index contributed by atoms with van der Waals surface area (Å²) in [4.78, 5) is 122. The number of ether oxygens (including phenoxy) is 10. The van der Waals surface area contributed by atoms with Crippen LogP contribution in [0.3, 0.4) is 0 Å². The maximum absolute atomic E-state index is 13.2. The molecule has 0 amide bonds. The van der Waals surface area contributed by atoms with Crippen molar-refractivity contribution in [3.63, 3.8) is 0 Å². The number of hydrogen-bond acceptors (Lipinski definition) is 27. The molecule has 10 aromatic rings. The zero-order valence-corrected chi connectivity index (χ0v) is 80.8. The van der Waals surface area contributed by atoms with Crippen LogP contribution in [0.15, 0.2) is 264 Å². The van der Waals surface area contributed by atoms with Crippen molar-refractivity contribution >= 4 is 123 Å². The van der Waals surface area contributed by atoms with Gasteiger partial charge in [-0.15, -0.1) is 0 Å². The van der Waals surface area contributed by atoms with Gasteiger partial charge in [0.05, 0.1) is 62.9 Å². The van der Waals surface area contributed by atoms with Gasteiger partial charge in [0.1, 0.15) is 74.2 Å². The highest BCUT2D eigenvalue weighted by molar-refractivity contribution is 6.03. The summed E-state index contributed by atoms with van der Waals surface area (Å²) in [7, 11) is 0. The Balaban J connectivity index is 0.000000160. The quantitative estimate of drug-likeness (QED) is 0.00652. The number of anilines is 3. The first kappa shape index (κ1) is 100. The Morgan fingerprint density at radius 1 is 0.333 bits per heavy atom. The first-order chi connectivity index (χ1) is 68.5. The van der Waals surface area contributed by atoms with Crippen LogP contribution in [-0.4, -0.2) is 143 Å². The molecule has 0 bridgehead atoms. The van der Waals surface area contributed by atoms with Crippen LogP contribution in [0.4, 0.5) is 17.1 Å². The van der Waals surface area contributed by atoms with Crippen LogP contribution in [0.5, 0.6) is 34.5 Å². The Bertz CT molecular complexity index is 7280. The van der Waals surface area contributed by atoms with Crippen molar-refractivity contribution in [3.8, 4) is 68.9 Å². The van der Waals surface area contributed by atoms with E-state index in [-0.39, 0.29) is 45.5 Å². The normalized spacial score (nSPS) is 12.2. The van der Waals surface area contributed by atoms with Crippen molar-refractivity contribution in [3.05, 3.63) is 284 Å². The number of esters is 5. The lowest BCUT2D eigenvalue weighted by atomic mass is 10.0. The zero-order chi connectivity index (χ0) is 99.0.